The van der Waals surface area contributed by atoms with Crippen molar-refractivity contribution in [1.29, 1.82) is 0 Å². The highest BCUT2D eigenvalue weighted by Gasteiger charge is 2.16. The van der Waals surface area contributed by atoms with E-state index in [9.17, 15) is 4.79 Å². The number of benzene rings is 2. The van der Waals surface area contributed by atoms with Crippen molar-refractivity contribution in [2.24, 2.45) is 9.98 Å². The lowest BCUT2D eigenvalue weighted by Crippen LogP contribution is -2.27. The maximum absolute atomic E-state index is 11.1. The van der Waals surface area contributed by atoms with Gasteiger partial charge in [-0.05, 0) is 37.4 Å². The molecule has 2 aromatic rings. The van der Waals surface area contributed by atoms with Crippen LogP contribution in [0.15, 0.2) is 52.4 Å². The third-order valence-electron chi connectivity index (χ3n) is 4.31. The number of carbonyl (C=O) groups excluding carboxylic acids is 1. The summed E-state index contributed by atoms with van der Waals surface area (Å²) < 4.78 is 11.2. The molecule has 154 valence electrons. The number of carbonyl (C=O) groups is 1. The van der Waals surface area contributed by atoms with E-state index in [2.05, 4.69) is 16.7 Å². The summed E-state index contributed by atoms with van der Waals surface area (Å²) in [5.74, 6) is 1.40. The number of hydroxylamine groups is 1. The average Bonchev–Trinajstić information content (AvgIpc) is 2.77. The van der Waals surface area contributed by atoms with Crippen molar-refractivity contribution >= 4 is 29.8 Å². The van der Waals surface area contributed by atoms with Gasteiger partial charge in [0.2, 0.25) is 5.91 Å². The van der Waals surface area contributed by atoms with Crippen LogP contribution in [0.3, 0.4) is 0 Å². The number of methoxy groups -OCH3 is 1. The maximum atomic E-state index is 11.1. The van der Waals surface area contributed by atoms with Crippen LogP contribution in [-0.4, -0.2) is 51.5 Å². The molecule has 0 fully saturated rings. The number of rotatable bonds is 9. The first-order valence-electron chi connectivity index (χ1n) is 9.06. The fourth-order valence-corrected chi connectivity index (χ4v) is 2.83. The SMILES string of the molecule is C=Nc1ccccc1C(=NC)N(C)c1ccc(OC)c(OCCCC(=O)NO)c1. The van der Waals surface area contributed by atoms with E-state index in [4.69, 9.17) is 14.7 Å². The fraction of sp³-hybridized carbons (Fsp3) is 0.286. The Morgan fingerprint density at radius 2 is 2.00 bits per heavy atom. The van der Waals surface area contributed by atoms with Crippen LogP contribution in [0.4, 0.5) is 11.4 Å². The third kappa shape index (κ3) is 5.55. The van der Waals surface area contributed by atoms with Crippen LogP contribution in [0.2, 0.25) is 0 Å². The number of para-hydroxylation sites is 1. The number of nitrogens with one attached hydrogen (secondary N) is 1. The Labute approximate surface area is 170 Å². The van der Waals surface area contributed by atoms with Gasteiger partial charge in [-0.15, -0.1) is 0 Å². The Bertz CT molecular complexity index is 883. The zero-order valence-corrected chi connectivity index (χ0v) is 16.9. The molecule has 0 aliphatic heterocycles. The number of amidine groups is 1. The van der Waals surface area contributed by atoms with Crippen LogP contribution in [-0.2, 0) is 4.79 Å². The number of nitrogens with zero attached hydrogens (tertiary/aromatic N) is 3. The van der Waals surface area contributed by atoms with Gasteiger partial charge in [-0.25, -0.2) is 5.48 Å². The van der Waals surface area contributed by atoms with Crippen molar-refractivity contribution in [1.82, 2.24) is 5.48 Å². The maximum Gasteiger partial charge on any atom is 0.243 e. The molecule has 2 aromatic carbocycles. The van der Waals surface area contributed by atoms with E-state index >= 15 is 0 Å². The predicted molar refractivity (Wildman–Crippen MR) is 114 cm³/mol. The summed E-state index contributed by atoms with van der Waals surface area (Å²) in [7, 11) is 5.19. The Morgan fingerprint density at radius 3 is 2.66 bits per heavy atom. The van der Waals surface area contributed by atoms with Gasteiger partial charge in [-0.2, -0.15) is 0 Å². The molecule has 0 radical (unpaired) electrons. The van der Waals surface area contributed by atoms with E-state index < -0.39 is 5.91 Å². The van der Waals surface area contributed by atoms with E-state index in [1.54, 1.807) is 19.6 Å². The van der Waals surface area contributed by atoms with Crippen molar-refractivity contribution in [3.8, 4) is 11.5 Å². The Morgan fingerprint density at radius 1 is 1.24 bits per heavy atom. The van der Waals surface area contributed by atoms with Crippen molar-refractivity contribution in [3.05, 3.63) is 48.0 Å². The van der Waals surface area contributed by atoms with Gasteiger partial charge >= 0.3 is 0 Å². The molecule has 29 heavy (non-hydrogen) atoms. The number of ether oxygens (including phenoxy) is 2. The topological polar surface area (TPSA) is 95.8 Å². The van der Waals surface area contributed by atoms with E-state index in [1.807, 2.05) is 54.4 Å². The number of amides is 1. The first-order valence-corrected chi connectivity index (χ1v) is 9.06. The van der Waals surface area contributed by atoms with Crippen LogP contribution in [0.5, 0.6) is 11.5 Å². The van der Waals surface area contributed by atoms with Gasteiger partial charge in [-0.3, -0.25) is 20.0 Å². The van der Waals surface area contributed by atoms with Crippen LogP contribution in [0, 0.1) is 0 Å². The predicted octanol–water partition coefficient (Wildman–Crippen LogP) is 3.20. The van der Waals surface area contributed by atoms with Gasteiger partial charge in [0, 0.05) is 37.8 Å². The quantitative estimate of drug-likeness (QED) is 0.222. The molecule has 0 saturated heterocycles. The summed E-state index contributed by atoms with van der Waals surface area (Å²) in [5.41, 5.74) is 4.05. The van der Waals surface area contributed by atoms with Gasteiger partial charge in [0.15, 0.2) is 11.5 Å². The normalized spacial score (nSPS) is 11.0. The van der Waals surface area contributed by atoms with Gasteiger partial charge in [0.25, 0.3) is 0 Å². The van der Waals surface area contributed by atoms with E-state index in [1.165, 1.54) is 0 Å². The number of aliphatic imine (C=N–C) groups is 2. The first kappa shape index (κ1) is 21.9. The van der Waals surface area contributed by atoms with Crippen LogP contribution in [0.25, 0.3) is 0 Å². The van der Waals surface area contributed by atoms with Gasteiger partial charge in [0.1, 0.15) is 5.84 Å². The molecule has 0 aromatic heterocycles. The van der Waals surface area contributed by atoms with E-state index in [0.717, 1.165) is 22.8 Å². The molecule has 8 nitrogen and oxygen atoms in total. The number of hydrogen-bond donors (Lipinski definition) is 2. The summed E-state index contributed by atoms with van der Waals surface area (Å²) >= 11 is 0. The molecule has 0 aliphatic rings. The molecule has 0 atom stereocenters. The lowest BCUT2D eigenvalue weighted by Gasteiger charge is -2.23. The number of anilines is 1. The smallest absolute Gasteiger partial charge is 0.243 e. The number of hydrogen-bond acceptors (Lipinski definition) is 6. The fourth-order valence-electron chi connectivity index (χ4n) is 2.83. The van der Waals surface area contributed by atoms with Crippen molar-refractivity contribution < 1.29 is 19.5 Å². The van der Waals surface area contributed by atoms with Gasteiger partial charge in [-0.1, -0.05) is 12.1 Å². The molecule has 0 spiro atoms. The van der Waals surface area contributed by atoms with E-state index in [-0.39, 0.29) is 6.42 Å². The van der Waals surface area contributed by atoms with Crippen molar-refractivity contribution in [2.45, 2.75) is 12.8 Å². The molecule has 8 heteroatoms. The second-order valence-corrected chi connectivity index (χ2v) is 6.10. The van der Waals surface area contributed by atoms with E-state index in [0.29, 0.717) is 24.5 Å². The minimum Gasteiger partial charge on any atom is -0.493 e. The molecule has 0 bridgehead atoms. The second-order valence-electron chi connectivity index (χ2n) is 6.10. The van der Waals surface area contributed by atoms with Crippen molar-refractivity contribution in [2.75, 3.05) is 32.7 Å². The van der Waals surface area contributed by atoms with Crippen LogP contribution < -0.4 is 19.9 Å². The minimum atomic E-state index is -0.452. The minimum absolute atomic E-state index is 0.163. The standard InChI is InChI=1S/C21H26N4O4/c1-22-17-9-6-5-8-16(17)21(23-2)25(3)15-11-12-18(28-4)19(14-15)29-13-7-10-20(26)24-27/h5-6,8-9,11-12,14,27H,1,7,10,13H2,2-4H3,(H,24,26). The average molecular weight is 398 g/mol. The summed E-state index contributed by atoms with van der Waals surface area (Å²) in [5, 5.41) is 8.55. The summed E-state index contributed by atoms with van der Waals surface area (Å²) in [6.07, 6.45) is 0.617. The summed E-state index contributed by atoms with van der Waals surface area (Å²) in [6, 6.07) is 13.2. The van der Waals surface area contributed by atoms with Gasteiger partial charge in [0.05, 0.1) is 19.4 Å². The lowest BCUT2D eigenvalue weighted by atomic mass is 10.1. The highest BCUT2D eigenvalue weighted by molar-refractivity contribution is 6.12. The monoisotopic (exact) mass is 398 g/mol. The summed E-state index contributed by atoms with van der Waals surface area (Å²) in [6.45, 7) is 3.93. The molecule has 2 N–H and O–H groups in total. The first-order chi connectivity index (χ1) is 14.0. The summed E-state index contributed by atoms with van der Waals surface area (Å²) in [4.78, 5) is 21.6. The molecule has 0 unspecified atom stereocenters. The molecule has 0 aliphatic carbocycles. The Hall–Kier alpha value is -3.39. The Balaban J connectivity index is 2.24. The molecule has 1 amide bonds. The zero-order chi connectivity index (χ0) is 21.2. The van der Waals surface area contributed by atoms with Crippen molar-refractivity contribution in [3.63, 3.8) is 0 Å². The largest absolute Gasteiger partial charge is 0.493 e. The zero-order valence-electron chi connectivity index (χ0n) is 16.9. The highest BCUT2D eigenvalue weighted by Crippen LogP contribution is 2.33. The Kier molecular flexibility index (Phi) is 8.17. The lowest BCUT2D eigenvalue weighted by molar-refractivity contribution is -0.129. The van der Waals surface area contributed by atoms with Gasteiger partial charge < -0.3 is 14.4 Å². The molecule has 0 heterocycles. The highest BCUT2D eigenvalue weighted by atomic mass is 16.5. The third-order valence-corrected chi connectivity index (χ3v) is 4.31. The second kappa shape index (κ2) is 10.8. The molecule has 0 saturated carbocycles. The molecule has 2 rings (SSSR count). The molecular formula is C21H26N4O4. The van der Waals surface area contributed by atoms with Crippen LogP contribution in [0.1, 0.15) is 18.4 Å². The molecular weight excluding hydrogens is 372 g/mol. The van der Waals surface area contributed by atoms with Crippen LogP contribution >= 0.6 is 0 Å².